The lowest BCUT2D eigenvalue weighted by Gasteiger charge is -2.26. The van der Waals surface area contributed by atoms with E-state index < -0.39 is 37.1 Å². The molecule has 0 spiro atoms. The van der Waals surface area contributed by atoms with E-state index >= 15 is 0 Å². The molecule has 0 aliphatic carbocycles. The summed E-state index contributed by atoms with van der Waals surface area (Å²) < 4.78 is 46.2. The molecule has 2 aliphatic rings. The molecular formula is C14H19ClFN3O5S. The number of sulfonamides is 1. The summed E-state index contributed by atoms with van der Waals surface area (Å²) in [6, 6.07) is 1.28. The predicted molar refractivity (Wildman–Crippen MR) is 90.2 cm³/mol. The summed E-state index contributed by atoms with van der Waals surface area (Å²) >= 11 is 0. The van der Waals surface area contributed by atoms with Crippen LogP contribution in [0, 0.1) is 15.9 Å². The molecule has 1 N–H and O–H groups in total. The van der Waals surface area contributed by atoms with Gasteiger partial charge in [-0.2, -0.15) is 4.31 Å². The average molecular weight is 396 g/mol. The molecule has 1 aromatic rings. The molecule has 2 bridgehead atoms. The summed E-state index contributed by atoms with van der Waals surface area (Å²) in [5.74, 6) is -1.63. The van der Waals surface area contributed by atoms with Gasteiger partial charge in [0.05, 0.1) is 16.9 Å². The van der Waals surface area contributed by atoms with Gasteiger partial charge in [0.25, 0.3) is 0 Å². The molecule has 0 saturated carbocycles. The Morgan fingerprint density at radius 3 is 2.64 bits per heavy atom. The summed E-state index contributed by atoms with van der Waals surface area (Å²) in [5.41, 5.74) is -0.698. The molecule has 2 fully saturated rings. The lowest BCUT2D eigenvalue weighted by atomic mass is 10.1. The van der Waals surface area contributed by atoms with Crippen LogP contribution in [-0.4, -0.2) is 49.9 Å². The summed E-state index contributed by atoms with van der Waals surface area (Å²) in [5, 5.41) is 14.3. The van der Waals surface area contributed by atoms with E-state index in [1.165, 1.54) is 4.31 Å². The number of hydrogen-bond donors (Lipinski definition) is 1. The number of nitro benzene ring substituents is 1. The highest BCUT2D eigenvalue weighted by Gasteiger charge is 2.43. The van der Waals surface area contributed by atoms with Crippen molar-refractivity contribution in [3.8, 4) is 5.75 Å². The summed E-state index contributed by atoms with van der Waals surface area (Å²) in [6.45, 7) is 1.24. The molecule has 8 nitrogen and oxygen atoms in total. The Kier molecular flexibility index (Phi) is 5.87. The number of benzene rings is 1. The average Bonchev–Trinajstić information content (AvgIpc) is 2.80. The minimum Gasteiger partial charge on any atom is -0.488 e. The Morgan fingerprint density at radius 1 is 1.32 bits per heavy atom. The third kappa shape index (κ3) is 3.43. The molecular weight excluding hydrogens is 377 g/mol. The molecule has 1 aromatic carbocycles. The van der Waals surface area contributed by atoms with E-state index in [0.29, 0.717) is 19.5 Å². The van der Waals surface area contributed by atoms with Crippen molar-refractivity contribution in [3.05, 3.63) is 28.1 Å². The summed E-state index contributed by atoms with van der Waals surface area (Å²) in [6.07, 6.45) is 2.13. The van der Waals surface area contributed by atoms with Gasteiger partial charge in [0.2, 0.25) is 15.8 Å². The smallest absolute Gasteiger partial charge is 0.315 e. The maximum absolute atomic E-state index is 14.1. The van der Waals surface area contributed by atoms with Crippen molar-refractivity contribution < 1.29 is 22.5 Å². The van der Waals surface area contributed by atoms with Crippen molar-refractivity contribution in [1.29, 1.82) is 0 Å². The fourth-order valence-corrected chi connectivity index (χ4v) is 5.43. The maximum atomic E-state index is 14.1. The maximum Gasteiger partial charge on any atom is 0.315 e. The number of fused-ring (bicyclic) bond motifs is 2. The molecule has 0 amide bonds. The molecule has 2 atom stereocenters. The summed E-state index contributed by atoms with van der Waals surface area (Å²) in [7, 11) is -2.93. The molecule has 25 heavy (non-hydrogen) atoms. The van der Waals surface area contributed by atoms with Crippen LogP contribution < -0.4 is 10.1 Å². The van der Waals surface area contributed by atoms with Crippen molar-refractivity contribution >= 4 is 28.1 Å². The fraction of sp³-hybridized carbons (Fsp3) is 0.571. The summed E-state index contributed by atoms with van der Waals surface area (Å²) in [4.78, 5) is 9.87. The van der Waals surface area contributed by atoms with Gasteiger partial charge in [0.15, 0.2) is 5.82 Å². The number of nitrogens with zero attached hydrogens (tertiary/aromatic N) is 2. The zero-order chi connectivity index (χ0) is 17.5. The molecule has 2 saturated heterocycles. The van der Waals surface area contributed by atoms with Gasteiger partial charge in [-0.3, -0.25) is 10.1 Å². The molecule has 2 heterocycles. The Balaban J connectivity index is 0.00000225. The first-order valence-corrected chi connectivity index (χ1v) is 9.06. The minimum absolute atomic E-state index is 0. The number of nitrogens with one attached hydrogen (secondary N) is 1. The Labute approximate surface area is 150 Å². The van der Waals surface area contributed by atoms with Gasteiger partial charge in [-0.15, -0.1) is 12.4 Å². The molecule has 140 valence electrons. The highest BCUT2D eigenvalue weighted by molar-refractivity contribution is 7.89. The Hall–Kier alpha value is -1.49. The third-order valence-corrected chi connectivity index (χ3v) is 6.54. The predicted octanol–water partition coefficient (Wildman–Crippen LogP) is 1.68. The zero-order valence-electron chi connectivity index (χ0n) is 13.5. The highest BCUT2D eigenvalue weighted by Crippen LogP contribution is 2.37. The number of halogens is 2. The zero-order valence-corrected chi connectivity index (χ0v) is 15.1. The SMILES string of the molecule is COc1c(F)cc(S(=O)(=O)N2C3CCNCC2CC3)cc1[N+](=O)[O-].Cl. The molecule has 3 rings (SSSR count). The van der Waals surface area contributed by atoms with Crippen LogP contribution in [-0.2, 0) is 10.0 Å². The molecule has 0 aromatic heterocycles. The van der Waals surface area contributed by atoms with Crippen LogP contribution in [0.5, 0.6) is 5.75 Å². The first kappa shape index (κ1) is 19.8. The van der Waals surface area contributed by atoms with Crippen LogP contribution in [0.25, 0.3) is 0 Å². The second kappa shape index (κ2) is 7.40. The van der Waals surface area contributed by atoms with Crippen molar-refractivity contribution in [2.75, 3.05) is 20.2 Å². The number of rotatable bonds is 4. The first-order chi connectivity index (χ1) is 11.4. The van der Waals surface area contributed by atoms with Crippen molar-refractivity contribution in [2.45, 2.75) is 36.2 Å². The molecule has 11 heteroatoms. The first-order valence-electron chi connectivity index (χ1n) is 7.62. The second-order valence-electron chi connectivity index (χ2n) is 5.93. The van der Waals surface area contributed by atoms with Crippen LogP contribution in [0.4, 0.5) is 10.1 Å². The Bertz CT molecular complexity index is 762. The van der Waals surface area contributed by atoms with Crippen LogP contribution >= 0.6 is 12.4 Å². The number of ether oxygens (including phenoxy) is 1. The van der Waals surface area contributed by atoms with Gasteiger partial charge in [-0.1, -0.05) is 0 Å². The van der Waals surface area contributed by atoms with E-state index in [1.807, 2.05) is 0 Å². The van der Waals surface area contributed by atoms with Crippen LogP contribution in [0.2, 0.25) is 0 Å². The van der Waals surface area contributed by atoms with E-state index in [-0.39, 0.29) is 24.5 Å². The van der Waals surface area contributed by atoms with Gasteiger partial charge < -0.3 is 10.1 Å². The largest absolute Gasteiger partial charge is 0.488 e. The van der Waals surface area contributed by atoms with Crippen molar-refractivity contribution in [3.63, 3.8) is 0 Å². The van der Waals surface area contributed by atoms with Gasteiger partial charge in [-0.05, 0) is 31.9 Å². The quantitative estimate of drug-likeness (QED) is 0.614. The van der Waals surface area contributed by atoms with Crippen molar-refractivity contribution in [2.24, 2.45) is 0 Å². The third-order valence-electron chi connectivity index (χ3n) is 4.56. The Morgan fingerprint density at radius 2 is 2.00 bits per heavy atom. The van der Waals surface area contributed by atoms with E-state index in [2.05, 4.69) is 5.32 Å². The van der Waals surface area contributed by atoms with Gasteiger partial charge in [-0.25, -0.2) is 12.8 Å². The van der Waals surface area contributed by atoms with Crippen LogP contribution in [0.1, 0.15) is 19.3 Å². The van der Waals surface area contributed by atoms with Crippen LogP contribution in [0.3, 0.4) is 0 Å². The monoisotopic (exact) mass is 395 g/mol. The van der Waals surface area contributed by atoms with Gasteiger partial charge in [0.1, 0.15) is 0 Å². The standard InChI is InChI=1S/C14H18FN3O5S.ClH/c1-23-14-12(15)6-11(7-13(14)18(19)20)24(21,22)17-9-2-3-10(17)8-16-5-4-9;/h6-7,9-10,16H,2-5,8H2,1H3;1H. The molecule has 0 radical (unpaired) electrons. The molecule has 2 aliphatic heterocycles. The molecule has 2 unspecified atom stereocenters. The van der Waals surface area contributed by atoms with Gasteiger partial charge in [0, 0.05) is 24.7 Å². The number of nitro groups is 1. The van der Waals surface area contributed by atoms with E-state index in [9.17, 15) is 22.9 Å². The van der Waals surface area contributed by atoms with E-state index in [4.69, 9.17) is 4.74 Å². The highest BCUT2D eigenvalue weighted by atomic mass is 35.5. The van der Waals surface area contributed by atoms with Crippen molar-refractivity contribution in [1.82, 2.24) is 9.62 Å². The van der Waals surface area contributed by atoms with Gasteiger partial charge >= 0.3 is 5.69 Å². The fourth-order valence-electron chi connectivity index (χ4n) is 3.49. The van der Waals surface area contributed by atoms with Crippen LogP contribution in [0.15, 0.2) is 17.0 Å². The second-order valence-corrected chi connectivity index (χ2v) is 7.77. The lowest BCUT2D eigenvalue weighted by molar-refractivity contribution is -0.386. The van der Waals surface area contributed by atoms with E-state index in [0.717, 1.165) is 32.1 Å². The number of methoxy groups -OCH3 is 1. The normalized spacial score (nSPS) is 23.6. The lowest BCUT2D eigenvalue weighted by Crippen LogP contribution is -2.42. The van der Waals surface area contributed by atoms with E-state index in [1.54, 1.807) is 0 Å². The topological polar surface area (TPSA) is 102 Å². The number of hydrogen-bond acceptors (Lipinski definition) is 6. The minimum atomic E-state index is -4.03.